The maximum Gasteiger partial charge on any atom is 0.0949 e. The van der Waals surface area contributed by atoms with E-state index in [1.807, 2.05) is 0 Å². The number of rotatable bonds is 12. The van der Waals surface area contributed by atoms with Crippen molar-refractivity contribution in [3.8, 4) is 0 Å². The second-order valence-corrected chi connectivity index (χ2v) is 6.24. The molecule has 1 N–H and O–H groups in total. The summed E-state index contributed by atoms with van der Waals surface area (Å²) in [6.07, 6.45) is 6.62. The van der Waals surface area contributed by atoms with Gasteiger partial charge >= 0.3 is 0 Å². The second kappa shape index (κ2) is 11.8. The minimum Gasteiger partial charge on any atom is -0.372 e. The maximum absolute atomic E-state index is 6.13. The minimum absolute atomic E-state index is 0.177. The predicted molar refractivity (Wildman–Crippen MR) is 91.6 cm³/mol. The van der Waals surface area contributed by atoms with E-state index in [4.69, 9.17) is 4.74 Å². The van der Waals surface area contributed by atoms with Crippen molar-refractivity contribution in [1.29, 1.82) is 0 Å². The van der Waals surface area contributed by atoms with Crippen molar-refractivity contribution >= 4 is 0 Å². The van der Waals surface area contributed by atoms with Crippen LogP contribution >= 0.6 is 0 Å². The molecule has 0 amide bonds. The molecule has 1 aromatic carbocycles. The van der Waals surface area contributed by atoms with E-state index in [-0.39, 0.29) is 6.10 Å². The molecule has 0 saturated heterocycles. The average Bonchev–Trinajstić information content (AvgIpc) is 2.49. The summed E-state index contributed by atoms with van der Waals surface area (Å²) in [4.78, 5) is 0. The van der Waals surface area contributed by atoms with Gasteiger partial charge in [0.2, 0.25) is 0 Å². The van der Waals surface area contributed by atoms with Gasteiger partial charge in [-0.15, -0.1) is 0 Å². The van der Waals surface area contributed by atoms with E-state index in [0.29, 0.717) is 5.92 Å². The number of hydrogen-bond acceptors (Lipinski definition) is 2. The van der Waals surface area contributed by atoms with Crippen LogP contribution in [0.2, 0.25) is 0 Å². The van der Waals surface area contributed by atoms with Crippen LogP contribution in [0.1, 0.15) is 64.5 Å². The second-order valence-electron chi connectivity index (χ2n) is 6.24. The molecule has 0 bridgehead atoms. The van der Waals surface area contributed by atoms with Gasteiger partial charge in [0, 0.05) is 13.2 Å². The third kappa shape index (κ3) is 8.90. The fourth-order valence-corrected chi connectivity index (χ4v) is 2.38. The summed E-state index contributed by atoms with van der Waals surface area (Å²) in [6, 6.07) is 10.6. The van der Waals surface area contributed by atoms with E-state index < -0.39 is 0 Å². The summed E-state index contributed by atoms with van der Waals surface area (Å²) in [5.74, 6) is 0.676. The Morgan fingerprint density at radius 2 is 1.67 bits per heavy atom. The highest BCUT2D eigenvalue weighted by Gasteiger charge is 2.11. The van der Waals surface area contributed by atoms with Crippen LogP contribution in [0.4, 0.5) is 0 Å². The van der Waals surface area contributed by atoms with Gasteiger partial charge in [-0.05, 0) is 24.4 Å². The van der Waals surface area contributed by atoms with Crippen molar-refractivity contribution in [2.24, 2.45) is 5.92 Å². The zero-order valence-corrected chi connectivity index (χ0v) is 14.1. The van der Waals surface area contributed by atoms with Crippen LogP contribution in [0.3, 0.4) is 0 Å². The molecule has 0 aromatic heterocycles. The molecule has 1 atom stereocenters. The first-order valence-electron chi connectivity index (χ1n) is 8.61. The largest absolute Gasteiger partial charge is 0.372 e. The Labute approximate surface area is 131 Å². The number of hydrogen-bond donors (Lipinski definition) is 1. The molecular weight excluding hydrogens is 258 g/mol. The Hall–Kier alpha value is -0.860. The zero-order chi connectivity index (χ0) is 15.3. The Morgan fingerprint density at radius 1 is 0.952 bits per heavy atom. The lowest BCUT2D eigenvalue weighted by atomic mass is 10.1. The van der Waals surface area contributed by atoms with E-state index in [2.05, 4.69) is 56.4 Å². The molecule has 1 unspecified atom stereocenters. The minimum atomic E-state index is 0.177. The smallest absolute Gasteiger partial charge is 0.0949 e. The molecule has 0 heterocycles. The van der Waals surface area contributed by atoms with Gasteiger partial charge in [0.05, 0.1) is 6.10 Å². The molecule has 21 heavy (non-hydrogen) atoms. The monoisotopic (exact) mass is 291 g/mol. The highest BCUT2D eigenvalue weighted by atomic mass is 16.5. The topological polar surface area (TPSA) is 21.3 Å². The molecule has 0 aliphatic carbocycles. The van der Waals surface area contributed by atoms with E-state index >= 15 is 0 Å². The quantitative estimate of drug-likeness (QED) is 0.550. The summed E-state index contributed by atoms with van der Waals surface area (Å²) in [5, 5.41) is 3.52. The zero-order valence-electron chi connectivity index (χ0n) is 14.1. The van der Waals surface area contributed by atoms with E-state index in [0.717, 1.165) is 19.7 Å². The predicted octanol–water partition coefficient (Wildman–Crippen LogP) is 4.96. The lowest BCUT2D eigenvalue weighted by molar-refractivity contribution is 0.0494. The molecule has 1 aromatic rings. The molecule has 0 radical (unpaired) electrons. The molecule has 0 aliphatic heterocycles. The van der Waals surface area contributed by atoms with Crippen LogP contribution in [-0.2, 0) is 4.74 Å². The molecule has 0 fully saturated rings. The lowest BCUT2D eigenvalue weighted by Crippen LogP contribution is -2.27. The Morgan fingerprint density at radius 3 is 2.33 bits per heavy atom. The number of nitrogens with one attached hydrogen (secondary N) is 1. The van der Waals surface area contributed by atoms with Crippen molar-refractivity contribution in [3.05, 3.63) is 35.9 Å². The lowest BCUT2D eigenvalue weighted by Gasteiger charge is -2.20. The van der Waals surface area contributed by atoms with Crippen LogP contribution < -0.4 is 5.32 Å². The summed E-state index contributed by atoms with van der Waals surface area (Å²) >= 11 is 0. The summed E-state index contributed by atoms with van der Waals surface area (Å²) in [5.41, 5.74) is 1.28. The van der Waals surface area contributed by atoms with Gasteiger partial charge in [0.1, 0.15) is 0 Å². The first-order chi connectivity index (χ1) is 10.2. The van der Waals surface area contributed by atoms with Crippen molar-refractivity contribution < 1.29 is 4.74 Å². The van der Waals surface area contributed by atoms with Crippen LogP contribution in [0.15, 0.2) is 30.3 Å². The SMILES string of the molecule is CCCCCCCOC(CNCC(C)C)c1ccccc1. The van der Waals surface area contributed by atoms with Crippen LogP contribution in [0.5, 0.6) is 0 Å². The first kappa shape index (κ1) is 18.2. The Bertz CT molecular complexity index is 337. The highest BCUT2D eigenvalue weighted by molar-refractivity contribution is 5.17. The fourth-order valence-electron chi connectivity index (χ4n) is 2.38. The van der Waals surface area contributed by atoms with Gasteiger partial charge < -0.3 is 10.1 Å². The molecule has 0 spiro atoms. The van der Waals surface area contributed by atoms with Gasteiger partial charge in [-0.3, -0.25) is 0 Å². The Kier molecular flexibility index (Phi) is 10.2. The van der Waals surface area contributed by atoms with Crippen molar-refractivity contribution in [1.82, 2.24) is 5.32 Å². The molecule has 120 valence electrons. The number of ether oxygens (including phenoxy) is 1. The van der Waals surface area contributed by atoms with Crippen LogP contribution in [0, 0.1) is 5.92 Å². The van der Waals surface area contributed by atoms with Crippen LogP contribution in [-0.4, -0.2) is 19.7 Å². The summed E-state index contributed by atoms with van der Waals surface area (Å²) < 4.78 is 6.13. The van der Waals surface area contributed by atoms with E-state index in [9.17, 15) is 0 Å². The maximum atomic E-state index is 6.13. The van der Waals surface area contributed by atoms with Gasteiger partial charge in [0.25, 0.3) is 0 Å². The van der Waals surface area contributed by atoms with Gasteiger partial charge in [0.15, 0.2) is 0 Å². The van der Waals surface area contributed by atoms with Gasteiger partial charge in [-0.1, -0.05) is 76.8 Å². The summed E-state index contributed by atoms with van der Waals surface area (Å²) in [6.45, 7) is 9.54. The normalized spacial score (nSPS) is 12.8. The summed E-state index contributed by atoms with van der Waals surface area (Å²) in [7, 11) is 0. The molecule has 2 nitrogen and oxygen atoms in total. The van der Waals surface area contributed by atoms with E-state index in [1.165, 1.54) is 37.7 Å². The number of benzene rings is 1. The highest BCUT2D eigenvalue weighted by Crippen LogP contribution is 2.17. The number of unbranched alkanes of at least 4 members (excludes halogenated alkanes) is 4. The van der Waals surface area contributed by atoms with Gasteiger partial charge in [-0.2, -0.15) is 0 Å². The third-order valence-electron chi connectivity index (χ3n) is 3.62. The van der Waals surface area contributed by atoms with Gasteiger partial charge in [-0.25, -0.2) is 0 Å². The molecule has 0 aliphatic rings. The fraction of sp³-hybridized carbons (Fsp3) is 0.684. The van der Waals surface area contributed by atoms with Crippen molar-refractivity contribution in [2.75, 3.05) is 19.7 Å². The van der Waals surface area contributed by atoms with E-state index in [1.54, 1.807) is 0 Å². The van der Waals surface area contributed by atoms with Crippen molar-refractivity contribution in [3.63, 3.8) is 0 Å². The third-order valence-corrected chi connectivity index (χ3v) is 3.62. The average molecular weight is 291 g/mol. The first-order valence-corrected chi connectivity index (χ1v) is 8.61. The van der Waals surface area contributed by atoms with Crippen molar-refractivity contribution in [2.45, 2.75) is 59.0 Å². The standard InChI is InChI=1S/C19H33NO/c1-4-5-6-7-11-14-21-19(16-20-15-17(2)3)18-12-9-8-10-13-18/h8-10,12-13,17,19-20H,4-7,11,14-16H2,1-3H3. The molecule has 0 saturated carbocycles. The van der Waals surface area contributed by atoms with Crippen LogP contribution in [0.25, 0.3) is 0 Å². The molecule has 1 rings (SSSR count). The molecule has 2 heteroatoms. The molecular formula is C19H33NO. The Balaban J connectivity index is 2.34.